The van der Waals surface area contributed by atoms with E-state index < -0.39 is 0 Å². The topological polar surface area (TPSA) is 32.3 Å². The average Bonchev–Trinajstić information content (AvgIpc) is 2.67. The molecule has 2 fully saturated rings. The predicted octanol–water partition coefficient (Wildman–Crippen LogP) is 2.35. The summed E-state index contributed by atoms with van der Waals surface area (Å²) >= 11 is 0. The van der Waals surface area contributed by atoms with Crippen LogP contribution in [0.1, 0.15) is 31.2 Å². The number of hydrogen-bond acceptors (Lipinski definition) is 2. The van der Waals surface area contributed by atoms with E-state index in [0.717, 1.165) is 45.4 Å². The van der Waals surface area contributed by atoms with E-state index in [1.54, 1.807) is 0 Å². The smallest absolute Gasteiger partial charge is 0.233 e. The molecular weight excluding hydrogens is 272 g/mol. The highest BCUT2D eigenvalue weighted by atomic mass is 35.5. The zero-order valence-corrected chi connectivity index (χ0v) is 12.6. The molecule has 1 N–H and O–H groups in total. The Morgan fingerprint density at radius 2 is 1.80 bits per heavy atom. The summed E-state index contributed by atoms with van der Waals surface area (Å²) in [6, 6.07) is 10.4. The van der Waals surface area contributed by atoms with E-state index in [1.807, 2.05) is 18.2 Å². The second-order valence-corrected chi connectivity index (χ2v) is 5.70. The van der Waals surface area contributed by atoms with Crippen LogP contribution in [-0.4, -0.2) is 37.0 Å². The third-order valence-electron chi connectivity index (χ3n) is 4.57. The standard InChI is InChI=1S/C16H22N2O.ClH/c19-15(18-12-5-10-17-11-13-18)16(8-4-9-16)14-6-2-1-3-7-14;/h1-3,6-7,17H,4-5,8-13H2;1H. The van der Waals surface area contributed by atoms with Crippen molar-refractivity contribution in [2.24, 2.45) is 0 Å². The third kappa shape index (κ3) is 2.70. The van der Waals surface area contributed by atoms with Crippen LogP contribution in [0.25, 0.3) is 0 Å². The minimum atomic E-state index is -0.217. The van der Waals surface area contributed by atoms with Crippen LogP contribution in [0.3, 0.4) is 0 Å². The second-order valence-electron chi connectivity index (χ2n) is 5.70. The molecule has 4 heteroatoms. The zero-order chi connectivity index (χ0) is 13.1. The molecule has 1 aliphatic carbocycles. The van der Waals surface area contributed by atoms with Crippen LogP contribution in [-0.2, 0) is 10.2 Å². The quantitative estimate of drug-likeness (QED) is 0.908. The van der Waals surface area contributed by atoms with Crippen molar-refractivity contribution in [2.75, 3.05) is 26.2 Å². The first-order valence-corrected chi connectivity index (χ1v) is 7.39. The SMILES string of the molecule is Cl.O=C(N1CCCNCC1)C1(c2ccccc2)CCC1. The number of halogens is 1. The highest BCUT2D eigenvalue weighted by Gasteiger charge is 2.47. The maximum Gasteiger partial charge on any atom is 0.233 e. The fourth-order valence-corrected chi connectivity index (χ4v) is 3.27. The molecule has 20 heavy (non-hydrogen) atoms. The van der Waals surface area contributed by atoms with Crippen LogP contribution in [0, 0.1) is 0 Å². The van der Waals surface area contributed by atoms with Crippen LogP contribution in [0.5, 0.6) is 0 Å². The van der Waals surface area contributed by atoms with Crippen molar-refractivity contribution >= 4 is 18.3 Å². The summed E-state index contributed by atoms with van der Waals surface area (Å²) in [7, 11) is 0. The first-order chi connectivity index (χ1) is 9.33. The van der Waals surface area contributed by atoms with Gasteiger partial charge in [-0.2, -0.15) is 0 Å². The van der Waals surface area contributed by atoms with Gasteiger partial charge in [0, 0.05) is 19.6 Å². The molecule has 0 aromatic heterocycles. The van der Waals surface area contributed by atoms with E-state index in [0.29, 0.717) is 5.91 Å². The maximum atomic E-state index is 13.0. The molecule has 110 valence electrons. The molecule has 1 aromatic rings. The maximum absolute atomic E-state index is 13.0. The number of benzene rings is 1. The van der Waals surface area contributed by atoms with Crippen molar-refractivity contribution in [1.29, 1.82) is 0 Å². The highest BCUT2D eigenvalue weighted by Crippen LogP contribution is 2.45. The molecule has 0 unspecified atom stereocenters. The lowest BCUT2D eigenvalue weighted by Crippen LogP contribution is -2.51. The molecule has 2 aliphatic rings. The Morgan fingerprint density at radius 3 is 2.45 bits per heavy atom. The van der Waals surface area contributed by atoms with Crippen molar-refractivity contribution in [2.45, 2.75) is 31.1 Å². The lowest BCUT2D eigenvalue weighted by Gasteiger charge is -2.43. The van der Waals surface area contributed by atoms with Gasteiger partial charge in [-0.3, -0.25) is 4.79 Å². The van der Waals surface area contributed by atoms with Gasteiger partial charge >= 0.3 is 0 Å². The van der Waals surface area contributed by atoms with Gasteiger partial charge in [0.25, 0.3) is 0 Å². The number of carbonyl (C=O) groups excluding carboxylic acids is 1. The molecule has 1 aromatic carbocycles. The highest BCUT2D eigenvalue weighted by molar-refractivity contribution is 5.89. The van der Waals surface area contributed by atoms with Crippen molar-refractivity contribution in [1.82, 2.24) is 10.2 Å². The number of nitrogens with zero attached hydrogens (tertiary/aromatic N) is 1. The molecule has 1 heterocycles. The number of rotatable bonds is 2. The first kappa shape index (κ1) is 15.3. The fraction of sp³-hybridized carbons (Fsp3) is 0.562. The summed E-state index contributed by atoms with van der Waals surface area (Å²) in [5.41, 5.74) is 0.995. The minimum Gasteiger partial charge on any atom is -0.341 e. The van der Waals surface area contributed by atoms with E-state index in [4.69, 9.17) is 0 Å². The molecular formula is C16H23ClN2O. The Kier molecular flexibility index (Phi) is 5.06. The van der Waals surface area contributed by atoms with Gasteiger partial charge in [-0.15, -0.1) is 12.4 Å². The van der Waals surface area contributed by atoms with Crippen LogP contribution < -0.4 is 5.32 Å². The zero-order valence-electron chi connectivity index (χ0n) is 11.8. The first-order valence-electron chi connectivity index (χ1n) is 7.39. The van der Waals surface area contributed by atoms with Crippen molar-refractivity contribution in [3.8, 4) is 0 Å². The monoisotopic (exact) mass is 294 g/mol. The average molecular weight is 295 g/mol. The van der Waals surface area contributed by atoms with Crippen molar-refractivity contribution in [3.63, 3.8) is 0 Å². The third-order valence-corrected chi connectivity index (χ3v) is 4.57. The molecule has 0 bridgehead atoms. The molecule has 3 nitrogen and oxygen atoms in total. The Balaban J connectivity index is 0.00000147. The van der Waals surface area contributed by atoms with Crippen LogP contribution in [0.2, 0.25) is 0 Å². The van der Waals surface area contributed by atoms with Gasteiger partial charge in [0.2, 0.25) is 5.91 Å². The Morgan fingerprint density at radius 1 is 1.05 bits per heavy atom. The minimum absolute atomic E-state index is 0. The second kappa shape index (κ2) is 6.59. The van der Waals surface area contributed by atoms with Crippen LogP contribution in [0.4, 0.5) is 0 Å². The summed E-state index contributed by atoms with van der Waals surface area (Å²) in [6.45, 7) is 3.71. The summed E-state index contributed by atoms with van der Waals surface area (Å²) in [6.07, 6.45) is 4.27. The molecule has 0 spiro atoms. The van der Waals surface area contributed by atoms with Gasteiger partial charge in [-0.1, -0.05) is 36.8 Å². The van der Waals surface area contributed by atoms with E-state index >= 15 is 0 Å². The number of nitrogens with one attached hydrogen (secondary N) is 1. The number of amides is 1. The summed E-state index contributed by atoms with van der Waals surface area (Å²) < 4.78 is 0. The van der Waals surface area contributed by atoms with Gasteiger partial charge in [-0.25, -0.2) is 0 Å². The number of carbonyl (C=O) groups is 1. The molecule has 3 rings (SSSR count). The van der Waals surface area contributed by atoms with E-state index in [1.165, 1.54) is 12.0 Å². The van der Waals surface area contributed by atoms with Crippen molar-refractivity contribution in [3.05, 3.63) is 35.9 Å². The summed E-state index contributed by atoms with van der Waals surface area (Å²) in [5, 5.41) is 3.37. The normalized spacial score (nSPS) is 21.3. The van der Waals surface area contributed by atoms with E-state index in [9.17, 15) is 4.79 Å². The Bertz CT molecular complexity index is 437. The molecule has 1 saturated heterocycles. The summed E-state index contributed by atoms with van der Waals surface area (Å²) in [5.74, 6) is 0.355. The molecule has 1 aliphatic heterocycles. The predicted molar refractivity (Wildman–Crippen MR) is 83.3 cm³/mol. The number of hydrogen-bond donors (Lipinski definition) is 1. The largest absolute Gasteiger partial charge is 0.341 e. The lowest BCUT2D eigenvalue weighted by molar-refractivity contribution is -0.140. The molecule has 1 amide bonds. The van der Waals surface area contributed by atoms with E-state index in [-0.39, 0.29) is 17.8 Å². The van der Waals surface area contributed by atoms with E-state index in [2.05, 4.69) is 22.3 Å². The molecule has 0 atom stereocenters. The Labute approximate surface area is 127 Å². The molecule has 0 radical (unpaired) electrons. The van der Waals surface area contributed by atoms with Gasteiger partial charge in [-0.05, 0) is 31.4 Å². The summed E-state index contributed by atoms with van der Waals surface area (Å²) in [4.78, 5) is 15.0. The van der Waals surface area contributed by atoms with Gasteiger partial charge in [0.1, 0.15) is 0 Å². The Hall–Kier alpha value is -1.06. The van der Waals surface area contributed by atoms with Crippen LogP contribution in [0.15, 0.2) is 30.3 Å². The van der Waals surface area contributed by atoms with Gasteiger partial charge < -0.3 is 10.2 Å². The van der Waals surface area contributed by atoms with Crippen molar-refractivity contribution < 1.29 is 4.79 Å². The van der Waals surface area contributed by atoms with Crippen LogP contribution >= 0.6 is 12.4 Å². The van der Waals surface area contributed by atoms with Gasteiger partial charge in [0.05, 0.1) is 5.41 Å². The fourth-order valence-electron chi connectivity index (χ4n) is 3.27. The van der Waals surface area contributed by atoms with Gasteiger partial charge in [0.15, 0.2) is 0 Å². The molecule has 1 saturated carbocycles. The lowest BCUT2D eigenvalue weighted by atomic mass is 9.63.